The monoisotopic (exact) mass is 342 g/mol. The second-order valence-corrected chi connectivity index (χ2v) is 5.55. The van der Waals surface area contributed by atoms with Gasteiger partial charge in [-0.25, -0.2) is 4.68 Å². The van der Waals surface area contributed by atoms with Gasteiger partial charge in [0.1, 0.15) is 6.54 Å². The van der Waals surface area contributed by atoms with Gasteiger partial charge in [-0.05, 0) is 18.2 Å². The summed E-state index contributed by atoms with van der Waals surface area (Å²) in [5.41, 5.74) is 1.45. The van der Waals surface area contributed by atoms with E-state index in [2.05, 4.69) is 16.9 Å². The van der Waals surface area contributed by atoms with Crippen LogP contribution in [-0.4, -0.2) is 15.7 Å². The Morgan fingerprint density at radius 2 is 1.70 bits per heavy atom. The lowest BCUT2D eigenvalue weighted by molar-refractivity contribution is 0.675. The average Bonchev–Trinajstić information content (AvgIpc) is 2.58. The van der Waals surface area contributed by atoms with E-state index in [1.54, 1.807) is 18.2 Å². The molecule has 0 atom stereocenters. The molecule has 0 radical (unpaired) electrons. The van der Waals surface area contributed by atoms with Crippen LogP contribution >= 0.6 is 23.2 Å². The molecule has 0 aliphatic carbocycles. The maximum absolute atomic E-state index is 12.5. The Labute approximate surface area is 143 Å². The van der Waals surface area contributed by atoms with E-state index in [9.17, 15) is 4.79 Å². The number of hydrogen-bond donors (Lipinski definition) is 0. The molecule has 0 saturated heterocycles. The lowest BCUT2D eigenvalue weighted by Crippen LogP contribution is -2.23. The summed E-state index contributed by atoms with van der Waals surface area (Å²) in [7, 11) is 0. The van der Waals surface area contributed by atoms with E-state index in [0.717, 1.165) is 16.6 Å². The molecular formula is C18H12Cl2N2O. The highest BCUT2D eigenvalue weighted by atomic mass is 35.5. The summed E-state index contributed by atoms with van der Waals surface area (Å²) in [6.45, 7) is 0.205. The van der Waals surface area contributed by atoms with Crippen LogP contribution in [0.1, 0.15) is 0 Å². The zero-order valence-electron chi connectivity index (χ0n) is 12.1. The van der Waals surface area contributed by atoms with E-state index in [0.29, 0.717) is 10.4 Å². The van der Waals surface area contributed by atoms with E-state index in [1.807, 2.05) is 30.3 Å². The van der Waals surface area contributed by atoms with E-state index in [1.165, 1.54) is 4.68 Å². The summed E-state index contributed by atoms with van der Waals surface area (Å²) in [6, 6.07) is 14.8. The van der Waals surface area contributed by atoms with Gasteiger partial charge in [0.05, 0.1) is 17.0 Å². The number of nitrogens with zero attached hydrogens (tertiary/aromatic N) is 2. The minimum absolute atomic E-state index is 0.165. The van der Waals surface area contributed by atoms with Gasteiger partial charge in [-0.2, -0.15) is 5.10 Å². The third-order valence-corrected chi connectivity index (χ3v) is 3.79. The van der Waals surface area contributed by atoms with Crippen LogP contribution in [0.2, 0.25) is 5.02 Å². The summed E-state index contributed by atoms with van der Waals surface area (Å²) >= 11 is 11.5. The summed E-state index contributed by atoms with van der Waals surface area (Å²) in [4.78, 5) is 12.5. The maximum atomic E-state index is 12.5. The molecule has 0 amide bonds. The Bertz CT molecular complexity index is 966. The molecule has 0 fully saturated rings. The summed E-state index contributed by atoms with van der Waals surface area (Å²) in [5, 5.41) is 6.56. The molecule has 0 aliphatic rings. The highest BCUT2D eigenvalue weighted by Crippen LogP contribution is 2.25. The van der Waals surface area contributed by atoms with E-state index >= 15 is 0 Å². The van der Waals surface area contributed by atoms with Gasteiger partial charge in [-0.15, -0.1) is 11.6 Å². The first kappa shape index (κ1) is 15.6. The molecule has 3 aromatic rings. The normalized spacial score (nSPS) is 10.3. The van der Waals surface area contributed by atoms with Crippen LogP contribution in [0.25, 0.3) is 22.0 Å². The molecule has 0 bridgehead atoms. The molecule has 3 nitrogen and oxygen atoms in total. The number of alkyl halides is 1. The van der Waals surface area contributed by atoms with Gasteiger partial charge < -0.3 is 0 Å². The highest BCUT2D eigenvalue weighted by Gasteiger charge is 2.11. The number of halogens is 2. The predicted octanol–water partition coefficient (Wildman–Crippen LogP) is 3.96. The Balaban J connectivity index is 2.25. The van der Waals surface area contributed by atoms with Crippen molar-refractivity contribution in [2.24, 2.45) is 0 Å². The minimum atomic E-state index is -0.165. The van der Waals surface area contributed by atoms with Crippen LogP contribution in [0.5, 0.6) is 0 Å². The molecule has 0 aliphatic heterocycles. The van der Waals surface area contributed by atoms with Crippen molar-refractivity contribution in [1.82, 2.24) is 9.78 Å². The first-order valence-corrected chi connectivity index (χ1v) is 7.89. The lowest BCUT2D eigenvalue weighted by Gasteiger charge is -2.09. The van der Waals surface area contributed by atoms with Crippen LogP contribution in [0.15, 0.2) is 53.3 Å². The molecule has 3 rings (SSSR count). The van der Waals surface area contributed by atoms with E-state index < -0.39 is 0 Å². The maximum Gasteiger partial charge on any atom is 0.275 e. The van der Waals surface area contributed by atoms with E-state index in [-0.39, 0.29) is 18.0 Å². The van der Waals surface area contributed by atoms with Crippen LogP contribution in [0.4, 0.5) is 0 Å². The zero-order valence-corrected chi connectivity index (χ0v) is 13.6. The van der Waals surface area contributed by atoms with Crippen molar-refractivity contribution in [3.05, 3.63) is 63.9 Å². The molecule has 0 N–H and O–H groups in total. The van der Waals surface area contributed by atoms with Crippen molar-refractivity contribution in [3.8, 4) is 23.1 Å². The van der Waals surface area contributed by atoms with Crippen molar-refractivity contribution >= 4 is 34.0 Å². The van der Waals surface area contributed by atoms with E-state index in [4.69, 9.17) is 23.2 Å². The predicted molar refractivity (Wildman–Crippen MR) is 94.9 cm³/mol. The van der Waals surface area contributed by atoms with Gasteiger partial charge >= 0.3 is 0 Å². The molecule has 0 spiro atoms. The third-order valence-electron chi connectivity index (χ3n) is 3.41. The molecule has 5 heteroatoms. The fourth-order valence-electron chi connectivity index (χ4n) is 2.34. The molecule has 23 heavy (non-hydrogen) atoms. The van der Waals surface area contributed by atoms with Gasteiger partial charge in [-0.3, -0.25) is 4.79 Å². The van der Waals surface area contributed by atoms with Crippen molar-refractivity contribution in [3.63, 3.8) is 0 Å². The summed E-state index contributed by atoms with van der Waals surface area (Å²) in [6.07, 6.45) is 0. The second kappa shape index (κ2) is 6.87. The fourth-order valence-corrected chi connectivity index (χ4v) is 2.56. The molecule has 2 aromatic carbocycles. The topological polar surface area (TPSA) is 34.9 Å². The van der Waals surface area contributed by atoms with Gasteiger partial charge in [0, 0.05) is 16.0 Å². The Morgan fingerprint density at radius 1 is 1.00 bits per heavy atom. The minimum Gasteiger partial charge on any atom is -0.267 e. The number of rotatable bonds is 2. The average molecular weight is 343 g/mol. The number of aromatic nitrogens is 2. The van der Waals surface area contributed by atoms with Gasteiger partial charge in [0.15, 0.2) is 0 Å². The Hall–Kier alpha value is -2.28. The molecule has 1 heterocycles. The number of benzene rings is 2. The molecule has 0 unspecified atom stereocenters. The molecule has 114 valence electrons. The smallest absolute Gasteiger partial charge is 0.267 e. The summed E-state index contributed by atoms with van der Waals surface area (Å²) < 4.78 is 1.37. The standard InChI is InChI=1S/C18H12Cl2N2O/c19-11-3-4-12-22-18(23)16-6-2-1-5-15(16)17(21-22)13-7-9-14(20)10-8-13/h1-2,5-10H,11-12H2. The lowest BCUT2D eigenvalue weighted by atomic mass is 10.1. The quantitative estimate of drug-likeness (QED) is 0.521. The number of fused-ring (bicyclic) bond motifs is 1. The molecule has 0 saturated carbocycles. The van der Waals surface area contributed by atoms with Crippen LogP contribution in [0, 0.1) is 11.8 Å². The van der Waals surface area contributed by atoms with Crippen molar-refractivity contribution in [1.29, 1.82) is 0 Å². The van der Waals surface area contributed by atoms with Crippen molar-refractivity contribution < 1.29 is 0 Å². The third kappa shape index (κ3) is 3.24. The second-order valence-electron chi connectivity index (χ2n) is 4.85. The first-order valence-electron chi connectivity index (χ1n) is 6.98. The van der Waals surface area contributed by atoms with Crippen LogP contribution < -0.4 is 5.56 Å². The first-order chi connectivity index (χ1) is 11.2. The molecular weight excluding hydrogens is 331 g/mol. The Morgan fingerprint density at radius 3 is 2.39 bits per heavy atom. The van der Waals surface area contributed by atoms with Crippen molar-refractivity contribution in [2.45, 2.75) is 6.54 Å². The van der Waals surface area contributed by atoms with Gasteiger partial charge in [0.25, 0.3) is 5.56 Å². The summed E-state index contributed by atoms with van der Waals surface area (Å²) in [5.74, 6) is 5.81. The Kier molecular flexibility index (Phi) is 4.66. The molecule has 1 aromatic heterocycles. The van der Waals surface area contributed by atoms with Crippen LogP contribution in [0.3, 0.4) is 0 Å². The van der Waals surface area contributed by atoms with Crippen molar-refractivity contribution in [2.75, 3.05) is 5.88 Å². The van der Waals surface area contributed by atoms with Gasteiger partial charge in [-0.1, -0.05) is 53.8 Å². The SMILES string of the molecule is O=c1c2ccccc2c(-c2ccc(Cl)cc2)nn1CC#CCCl. The van der Waals surface area contributed by atoms with Crippen LogP contribution in [-0.2, 0) is 6.54 Å². The number of hydrogen-bond acceptors (Lipinski definition) is 2. The largest absolute Gasteiger partial charge is 0.275 e. The van der Waals surface area contributed by atoms with Gasteiger partial charge in [0.2, 0.25) is 0 Å². The fraction of sp³-hybridized carbons (Fsp3) is 0.111. The zero-order chi connectivity index (χ0) is 16.2. The highest BCUT2D eigenvalue weighted by molar-refractivity contribution is 6.30.